The zero-order valence-corrected chi connectivity index (χ0v) is 18.0. The lowest BCUT2D eigenvalue weighted by Gasteiger charge is -2.35. The van der Waals surface area contributed by atoms with Crippen LogP contribution in [0.1, 0.15) is 12.0 Å². The quantitative estimate of drug-likeness (QED) is 0.670. The van der Waals surface area contributed by atoms with E-state index in [0.717, 1.165) is 25.1 Å². The van der Waals surface area contributed by atoms with E-state index in [9.17, 15) is 13.2 Å². The fraction of sp³-hybridized carbons (Fsp3) is 0.364. The number of aromatic amines is 1. The largest absolute Gasteiger partial charge is 0.345 e. The molecule has 9 heteroatoms. The normalized spacial score (nSPS) is 18.3. The average molecular weight is 440 g/mol. The molecule has 1 N–H and O–H groups in total. The van der Waals surface area contributed by atoms with Gasteiger partial charge in [0.05, 0.1) is 6.54 Å². The molecule has 4 heterocycles. The molecule has 0 saturated carbocycles. The number of para-hydroxylation sites is 1. The summed E-state index contributed by atoms with van der Waals surface area (Å²) in [4.78, 5) is 24.3. The van der Waals surface area contributed by atoms with E-state index in [1.165, 1.54) is 16.1 Å². The lowest BCUT2D eigenvalue weighted by Crippen LogP contribution is -2.52. The standard InChI is InChI=1S/C22H25N5O3S/c28-21(27-10-4-6-17-5-1-2-8-19(17)27)16-25-11-13-26(14-12-25)31(29,30)20-15-24-22-18(20)7-3-9-23-22/h1-3,5,7-9,15H,4,6,10-14,16H2,(H,23,24). The van der Waals surface area contributed by atoms with E-state index < -0.39 is 10.0 Å². The Balaban J connectivity index is 1.24. The number of carbonyl (C=O) groups excluding carboxylic acids is 1. The van der Waals surface area contributed by atoms with Crippen molar-refractivity contribution in [3.63, 3.8) is 0 Å². The van der Waals surface area contributed by atoms with E-state index >= 15 is 0 Å². The molecule has 0 spiro atoms. The van der Waals surface area contributed by atoms with Crippen LogP contribution in [0.4, 0.5) is 5.69 Å². The number of rotatable bonds is 4. The monoisotopic (exact) mass is 439 g/mol. The number of benzene rings is 1. The summed E-state index contributed by atoms with van der Waals surface area (Å²) >= 11 is 0. The molecule has 0 aliphatic carbocycles. The molecule has 0 bridgehead atoms. The number of sulfonamides is 1. The Bertz CT molecular complexity index is 1210. The van der Waals surface area contributed by atoms with Gasteiger partial charge in [0.15, 0.2) is 0 Å². The highest BCUT2D eigenvalue weighted by atomic mass is 32.2. The first-order valence-electron chi connectivity index (χ1n) is 10.6. The van der Waals surface area contributed by atoms with Crippen molar-refractivity contribution >= 4 is 32.7 Å². The molecule has 31 heavy (non-hydrogen) atoms. The first-order chi connectivity index (χ1) is 15.0. The molecule has 0 unspecified atom stereocenters. The van der Waals surface area contributed by atoms with Gasteiger partial charge in [-0.2, -0.15) is 4.31 Å². The van der Waals surface area contributed by atoms with E-state index in [-0.39, 0.29) is 10.8 Å². The second-order valence-electron chi connectivity index (χ2n) is 8.01. The number of nitrogens with zero attached hydrogens (tertiary/aromatic N) is 4. The number of hydrogen-bond donors (Lipinski definition) is 1. The van der Waals surface area contributed by atoms with Crippen LogP contribution in [0.3, 0.4) is 0 Å². The van der Waals surface area contributed by atoms with Gasteiger partial charge in [-0.1, -0.05) is 18.2 Å². The highest BCUT2D eigenvalue weighted by Gasteiger charge is 2.32. The molecule has 2 aromatic heterocycles. The second kappa shape index (κ2) is 8.07. The lowest BCUT2D eigenvalue weighted by atomic mass is 10.0. The summed E-state index contributed by atoms with van der Waals surface area (Å²) in [5.74, 6) is 0.0751. The number of fused-ring (bicyclic) bond motifs is 2. The zero-order valence-electron chi connectivity index (χ0n) is 17.2. The summed E-state index contributed by atoms with van der Waals surface area (Å²) in [6, 6.07) is 11.6. The van der Waals surface area contributed by atoms with Crippen LogP contribution >= 0.6 is 0 Å². The van der Waals surface area contributed by atoms with Gasteiger partial charge in [0.25, 0.3) is 0 Å². The van der Waals surface area contributed by atoms with Crippen LogP contribution in [0.2, 0.25) is 0 Å². The Morgan fingerprint density at radius 3 is 2.68 bits per heavy atom. The predicted octanol–water partition coefficient (Wildman–Crippen LogP) is 1.85. The van der Waals surface area contributed by atoms with Crippen LogP contribution in [0, 0.1) is 0 Å². The molecule has 1 saturated heterocycles. The average Bonchev–Trinajstić information content (AvgIpc) is 3.24. The first-order valence-corrected chi connectivity index (χ1v) is 12.0. The third-order valence-corrected chi connectivity index (χ3v) is 8.07. The third kappa shape index (κ3) is 3.73. The minimum absolute atomic E-state index is 0.0751. The molecule has 0 radical (unpaired) electrons. The highest BCUT2D eigenvalue weighted by Crippen LogP contribution is 2.28. The number of anilines is 1. The Morgan fingerprint density at radius 2 is 1.84 bits per heavy atom. The summed E-state index contributed by atoms with van der Waals surface area (Å²) in [5, 5.41) is 0.601. The van der Waals surface area contributed by atoms with Crippen LogP contribution in [0.25, 0.3) is 11.0 Å². The maximum Gasteiger partial charge on any atom is 0.245 e. The van der Waals surface area contributed by atoms with E-state index in [1.807, 2.05) is 28.0 Å². The fourth-order valence-corrected chi connectivity index (χ4v) is 6.05. The maximum atomic E-state index is 13.2. The fourth-order valence-electron chi connectivity index (χ4n) is 4.48. The Kier molecular flexibility index (Phi) is 5.25. The first kappa shape index (κ1) is 20.2. The lowest BCUT2D eigenvalue weighted by molar-refractivity contribution is -0.120. The summed E-state index contributed by atoms with van der Waals surface area (Å²) in [5.41, 5.74) is 2.78. The van der Waals surface area contributed by atoms with Crippen molar-refractivity contribution in [1.82, 2.24) is 19.2 Å². The molecule has 0 atom stereocenters. The Hall–Kier alpha value is -2.75. The molecule has 1 aromatic carbocycles. The van der Waals surface area contributed by atoms with Crippen LogP contribution < -0.4 is 4.90 Å². The van der Waals surface area contributed by atoms with Crippen molar-refractivity contribution < 1.29 is 13.2 Å². The van der Waals surface area contributed by atoms with Crippen molar-refractivity contribution in [1.29, 1.82) is 0 Å². The van der Waals surface area contributed by atoms with Crippen LogP contribution in [0.15, 0.2) is 53.7 Å². The van der Waals surface area contributed by atoms with Gasteiger partial charge in [0.2, 0.25) is 15.9 Å². The van der Waals surface area contributed by atoms with Crippen LogP contribution in [-0.4, -0.2) is 72.8 Å². The topological polar surface area (TPSA) is 89.6 Å². The number of amides is 1. The number of aromatic nitrogens is 2. The van der Waals surface area contributed by atoms with Crippen molar-refractivity contribution in [3.05, 3.63) is 54.4 Å². The van der Waals surface area contributed by atoms with Crippen molar-refractivity contribution in [2.45, 2.75) is 17.7 Å². The van der Waals surface area contributed by atoms with E-state index in [4.69, 9.17) is 0 Å². The minimum Gasteiger partial charge on any atom is -0.345 e. The van der Waals surface area contributed by atoms with Crippen molar-refractivity contribution in [3.8, 4) is 0 Å². The molecule has 3 aromatic rings. The maximum absolute atomic E-state index is 13.2. The van der Waals surface area contributed by atoms with E-state index in [1.54, 1.807) is 18.3 Å². The number of nitrogens with one attached hydrogen (secondary N) is 1. The highest BCUT2D eigenvalue weighted by molar-refractivity contribution is 7.89. The number of hydrogen-bond acceptors (Lipinski definition) is 5. The number of pyridine rings is 1. The molecule has 1 amide bonds. The minimum atomic E-state index is -3.62. The molecule has 2 aliphatic rings. The van der Waals surface area contributed by atoms with E-state index in [0.29, 0.717) is 43.8 Å². The van der Waals surface area contributed by atoms with Gasteiger partial charge in [0, 0.05) is 56.2 Å². The van der Waals surface area contributed by atoms with Gasteiger partial charge >= 0.3 is 0 Å². The second-order valence-corrected chi connectivity index (χ2v) is 9.92. The summed E-state index contributed by atoms with van der Waals surface area (Å²) in [7, 11) is -3.62. The molecule has 2 aliphatic heterocycles. The van der Waals surface area contributed by atoms with Crippen molar-refractivity contribution in [2.75, 3.05) is 44.2 Å². The number of piperazine rings is 1. The number of aryl methyl sites for hydroxylation is 1. The molecule has 162 valence electrons. The summed E-state index contributed by atoms with van der Waals surface area (Å²) < 4.78 is 27.8. The van der Waals surface area contributed by atoms with Crippen molar-refractivity contribution in [2.24, 2.45) is 0 Å². The molecule has 5 rings (SSSR count). The van der Waals surface area contributed by atoms with Gasteiger partial charge in [-0.3, -0.25) is 9.69 Å². The zero-order chi connectivity index (χ0) is 21.4. The predicted molar refractivity (Wildman–Crippen MR) is 118 cm³/mol. The Labute approximate surface area is 181 Å². The Morgan fingerprint density at radius 1 is 1.03 bits per heavy atom. The number of H-pyrrole nitrogens is 1. The van der Waals surface area contributed by atoms with Gasteiger partial charge in [-0.25, -0.2) is 13.4 Å². The summed E-state index contributed by atoms with van der Waals surface area (Å²) in [6.45, 7) is 2.82. The van der Waals surface area contributed by atoms with Crippen LogP contribution in [-0.2, 0) is 21.2 Å². The van der Waals surface area contributed by atoms with Gasteiger partial charge < -0.3 is 9.88 Å². The van der Waals surface area contributed by atoms with Gasteiger partial charge in [-0.05, 0) is 36.6 Å². The van der Waals surface area contributed by atoms with Gasteiger partial charge in [0.1, 0.15) is 10.5 Å². The molecule has 8 nitrogen and oxygen atoms in total. The smallest absolute Gasteiger partial charge is 0.245 e. The molecular weight excluding hydrogens is 414 g/mol. The van der Waals surface area contributed by atoms with Crippen LogP contribution in [0.5, 0.6) is 0 Å². The third-order valence-electron chi connectivity index (χ3n) is 6.13. The number of carbonyl (C=O) groups is 1. The molecule has 1 fully saturated rings. The summed E-state index contributed by atoms with van der Waals surface area (Å²) in [6.07, 6.45) is 5.11. The van der Waals surface area contributed by atoms with Gasteiger partial charge in [-0.15, -0.1) is 0 Å². The van der Waals surface area contributed by atoms with E-state index in [2.05, 4.69) is 16.0 Å². The molecular formula is C22H25N5O3S. The SMILES string of the molecule is O=C(CN1CCN(S(=O)(=O)c2c[nH]c3ncccc23)CC1)N1CCCc2ccccc21.